The van der Waals surface area contributed by atoms with E-state index in [0.717, 1.165) is 18.2 Å². The molecule has 7 nitrogen and oxygen atoms in total. The van der Waals surface area contributed by atoms with Crippen molar-refractivity contribution in [1.29, 1.82) is 0 Å². The molecule has 2 aromatic heterocycles. The number of amides is 2. The molecule has 2 heterocycles. The van der Waals surface area contributed by atoms with Crippen LogP contribution in [0, 0.1) is 0 Å². The van der Waals surface area contributed by atoms with Crippen LogP contribution in [0.1, 0.15) is 5.56 Å². The number of hydrogen-bond donors (Lipinski definition) is 2. The van der Waals surface area contributed by atoms with Crippen molar-refractivity contribution in [1.82, 2.24) is 14.5 Å². The van der Waals surface area contributed by atoms with Gasteiger partial charge in [-0.3, -0.25) is 0 Å². The summed E-state index contributed by atoms with van der Waals surface area (Å²) in [7, 11) is 1.83. The van der Waals surface area contributed by atoms with E-state index in [9.17, 15) is 18.0 Å². The number of anilines is 2. The van der Waals surface area contributed by atoms with Gasteiger partial charge in [-0.25, -0.2) is 9.78 Å². The van der Waals surface area contributed by atoms with Crippen LogP contribution in [-0.4, -0.2) is 20.6 Å². The second-order valence-corrected chi connectivity index (χ2v) is 7.67. The van der Waals surface area contributed by atoms with Crippen molar-refractivity contribution < 1.29 is 22.7 Å². The van der Waals surface area contributed by atoms with Crippen molar-refractivity contribution in [3.05, 3.63) is 70.6 Å². The highest BCUT2D eigenvalue weighted by molar-refractivity contribution is 6.35. The Morgan fingerprint density at radius 1 is 1.00 bits per heavy atom. The van der Waals surface area contributed by atoms with Gasteiger partial charge in [0, 0.05) is 19.3 Å². The van der Waals surface area contributed by atoms with Crippen LogP contribution >= 0.6 is 23.2 Å². The molecule has 0 spiro atoms. The van der Waals surface area contributed by atoms with Crippen molar-refractivity contribution in [2.24, 2.45) is 7.05 Å². The number of halogens is 5. The van der Waals surface area contributed by atoms with Crippen LogP contribution in [0.2, 0.25) is 10.0 Å². The van der Waals surface area contributed by atoms with Crippen LogP contribution in [-0.2, 0) is 13.2 Å². The zero-order valence-corrected chi connectivity index (χ0v) is 18.3. The second-order valence-electron chi connectivity index (χ2n) is 6.85. The number of alkyl halides is 3. The molecule has 0 saturated carbocycles. The number of ether oxygens (including phenoxy) is 1. The van der Waals surface area contributed by atoms with Crippen LogP contribution in [0.4, 0.5) is 29.3 Å². The largest absolute Gasteiger partial charge is 0.437 e. The Morgan fingerprint density at radius 3 is 2.48 bits per heavy atom. The van der Waals surface area contributed by atoms with E-state index in [2.05, 4.69) is 20.6 Å². The van der Waals surface area contributed by atoms with Gasteiger partial charge >= 0.3 is 12.2 Å². The lowest BCUT2D eigenvalue weighted by Gasteiger charge is -2.13. The maximum atomic E-state index is 12.9. The summed E-state index contributed by atoms with van der Waals surface area (Å²) in [6.45, 7) is 0. The molecule has 170 valence electrons. The molecule has 0 aliphatic rings. The first-order valence-electron chi connectivity index (χ1n) is 9.30. The van der Waals surface area contributed by atoms with Crippen molar-refractivity contribution in [3.8, 4) is 11.6 Å². The highest BCUT2D eigenvalue weighted by atomic mass is 35.5. The standard InChI is InChI=1S/C21H14Cl2F3N5O2/c1-31-7-6-16-18(31)19(28-10-27-16)33-12-3-5-15(14(23)9-12)29-20(32)30-17-8-11(21(24,25)26)2-4-13(17)22/h2-10H,1H3,(H2,29,30,32). The monoisotopic (exact) mass is 495 g/mol. The molecule has 0 atom stereocenters. The molecule has 0 radical (unpaired) electrons. The fourth-order valence-electron chi connectivity index (χ4n) is 3.01. The summed E-state index contributed by atoms with van der Waals surface area (Å²) in [6.07, 6.45) is -1.38. The van der Waals surface area contributed by atoms with Gasteiger partial charge in [-0.15, -0.1) is 0 Å². The molecule has 12 heteroatoms. The summed E-state index contributed by atoms with van der Waals surface area (Å²) >= 11 is 12.2. The number of benzene rings is 2. The number of carbonyl (C=O) groups excluding carboxylic acids is 1. The Bertz CT molecular complexity index is 1360. The average molecular weight is 496 g/mol. The third-order valence-electron chi connectivity index (χ3n) is 4.57. The summed E-state index contributed by atoms with van der Waals surface area (Å²) in [4.78, 5) is 20.6. The lowest BCUT2D eigenvalue weighted by Crippen LogP contribution is -2.20. The Kier molecular flexibility index (Phi) is 6.05. The molecule has 2 amide bonds. The van der Waals surface area contributed by atoms with Crippen LogP contribution < -0.4 is 15.4 Å². The zero-order valence-electron chi connectivity index (χ0n) is 16.7. The summed E-state index contributed by atoms with van der Waals surface area (Å²) in [6, 6.07) is 8.10. The zero-order chi connectivity index (χ0) is 23.8. The highest BCUT2D eigenvalue weighted by Crippen LogP contribution is 2.35. The van der Waals surface area contributed by atoms with Crippen molar-refractivity contribution in [3.63, 3.8) is 0 Å². The number of nitrogens with one attached hydrogen (secondary N) is 2. The Labute approximate surface area is 195 Å². The minimum Gasteiger partial charge on any atom is -0.437 e. The minimum absolute atomic E-state index is 0.0511. The maximum Gasteiger partial charge on any atom is 0.416 e. The predicted octanol–water partition coefficient (Wildman–Crippen LogP) is 6.73. The maximum absolute atomic E-state index is 12.9. The van der Waals surface area contributed by atoms with Gasteiger partial charge < -0.3 is 19.9 Å². The highest BCUT2D eigenvalue weighted by Gasteiger charge is 2.31. The predicted molar refractivity (Wildman–Crippen MR) is 119 cm³/mol. The molecule has 0 fully saturated rings. The third kappa shape index (κ3) is 4.96. The number of hydrogen-bond acceptors (Lipinski definition) is 4. The fourth-order valence-corrected chi connectivity index (χ4v) is 3.39. The first-order chi connectivity index (χ1) is 15.6. The van der Waals surface area contributed by atoms with Crippen molar-refractivity contribution >= 4 is 51.6 Å². The van der Waals surface area contributed by atoms with Crippen LogP contribution in [0.15, 0.2) is 55.0 Å². The van der Waals surface area contributed by atoms with Gasteiger partial charge in [-0.2, -0.15) is 18.2 Å². The van der Waals surface area contributed by atoms with Gasteiger partial charge in [0.2, 0.25) is 5.88 Å². The molecule has 0 bridgehead atoms. The van der Waals surface area contributed by atoms with Gasteiger partial charge in [-0.1, -0.05) is 23.2 Å². The summed E-state index contributed by atoms with van der Waals surface area (Å²) in [5.41, 5.74) is 0.454. The lowest BCUT2D eigenvalue weighted by atomic mass is 10.2. The molecule has 4 aromatic rings. The summed E-state index contributed by atoms with van der Waals surface area (Å²) in [5.74, 6) is 0.675. The normalized spacial score (nSPS) is 11.5. The molecule has 0 aliphatic carbocycles. The topological polar surface area (TPSA) is 81.1 Å². The first-order valence-corrected chi connectivity index (χ1v) is 10.1. The first kappa shape index (κ1) is 22.7. The molecule has 2 aromatic carbocycles. The minimum atomic E-state index is -4.58. The van der Waals surface area contributed by atoms with E-state index in [0.29, 0.717) is 22.7 Å². The molecular weight excluding hydrogens is 482 g/mol. The molecular formula is C21H14Cl2F3N5O2. The Morgan fingerprint density at radius 2 is 1.76 bits per heavy atom. The van der Waals surface area contributed by atoms with Crippen LogP contribution in [0.25, 0.3) is 11.0 Å². The van der Waals surface area contributed by atoms with E-state index >= 15 is 0 Å². The van der Waals surface area contributed by atoms with Gasteiger partial charge in [0.1, 0.15) is 17.6 Å². The SMILES string of the molecule is Cn1ccc2ncnc(Oc3ccc(NC(=O)Nc4cc(C(F)(F)F)ccc4Cl)c(Cl)c3)c21. The number of fused-ring (bicyclic) bond motifs is 1. The second kappa shape index (κ2) is 8.80. The van der Waals surface area contributed by atoms with Crippen molar-refractivity contribution in [2.45, 2.75) is 6.18 Å². The van der Waals surface area contributed by atoms with E-state index in [-0.39, 0.29) is 21.4 Å². The van der Waals surface area contributed by atoms with Crippen LogP contribution in [0.3, 0.4) is 0 Å². The average Bonchev–Trinajstić information content (AvgIpc) is 3.13. The number of urea groups is 1. The van der Waals surface area contributed by atoms with Gasteiger partial charge in [-0.05, 0) is 36.4 Å². The number of aryl methyl sites for hydroxylation is 1. The van der Waals surface area contributed by atoms with E-state index in [1.54, 1.807) is 6.07 Å². The molecule has 33 heavy (non-hydrogen) atoms. The smallest absolute Gasteiger partial charge is 0.416 e. The summed E-state index contributed by atoms with van der Waals surface area (Å²) < 4.78 is 46.4. The van der Waals surface area contributed by atoms with Gasteiger partial charge in [0.25, 0.3) is 0 Å². The summed E-state index contributed by atoms with van der Waals surface area (Å²) in [5, 5.41) is 4.83. The molecule has 0 aliphatic heterocycles. The number of carbonyl (C=O) groups is 1. The van der Waals surface area contributed by atoms with E-state index < -0.39 is 17.8 Å². The third-order valence-corrected chi connectivity index (χ3v) is 5.21. The number of nitrogens with zero attached hydrogens (tertiary/aromatic N) is 3. The quantitative estimate of drug-likeness (QED) is 0.328. The van der Waals surface area contributed by atoms with Crippen molar-refractivity contribution in [2.75, 3.05) is 10.6 Å². The van der Waals surface area contributed by atoms with E-state index in [1.807, 2.05) is 23.9 Å². The number of aromatic nitrogens is 3. The Balaban J connectivity index is 1.49. The van der Waals surface area contributed by atoms with Gasteiger partial charge in [0.05, 0.1) is 32.5 Å². The fraction of sp³-hybridized carbons (Fsp3) is 0.0952. The van der Waals surface area contributed by atoms with Gasteiger partial charge in [0.15, 0.2) is 0 Å². The van der Waals surface area contributed by atoms with Crippen LogP contribution in [0.5, 0.6) is 11.6 Å². The Hall–Kier alpha value is -3.50. The van der Waals surface area contributed by atoms with E-state index in [4.69, 9.17) is 27.9 Å². The van der Waals surface area contributed by atoms with E-state index in [1.165, 1.54) is 18.5 Å². The number of rotatable bonds is 4. The molecule has 2 N–H and O–H groups in total. The lowest BCUT2D eigenvalue weighted by molar-refractivity contribution is -0.137. The molecule has 4 rings (SSSR count). The molecule has 0 saturated heterocycles. The molecule has 0 unspecified atom stereocenters.